The van der Waals surface area contributed by atoms with Crippen LogP contribution < -0.4 is 11.1 Å². The molecule has 0 aromatic rings. The van der Waals surface area contributed by atoms with Crippen LogP contribution in [0.3, 0.4) is 0 Å². The first kappa shape index (κ1) is 18.4. The fourth-order valence-electron chi connectivity index (χ4n) is 2.35. The normalized spacial score (nSPS) is 11.9. The fourth-order valence-corrected chi connectivity index (χ4v) is 2.35. The van der Waals surface area contributed by atoms with Gasteiger partial charge in [-0.25, -0.2) is 0 Å². The summed E-state index contributed by atoms with van der Waals surface area (Å²) in [5.74, 6) is 0.617. The Labute approximate surface area is 118 Å². The van der Waals surface area contributed by atoms with Gasteiger partial charge in [-0.2, -0.15) is 0 Å². The molecule has 0 aromatic carbocycles. The largest absolute Gasteiger partial charge is 0.379 e. The monoisotopic (exact) mass is 272 g/mol. The minimum atomic E-state index is -0.387. The van der Waals surface area contributed by atoms with Crippen molar-refractivity contribution in [3.05, 3.63) is 0 Å². The summed E-state index contributed by atoms with van der Waals surface area (Å²) in [5.41, 5.74) is 5.47. The molecular weight excluding hydrogens is 240 g/mol. The smallest absolute Gasteiger partial charge is 0.227 e. The predicted octanol–water partition coefficient (Wildman–Crippen LogP) is 2.32. The summed E-state index contributed by atoms with van der Waals surface area (Å²) in [5, 5.41) is 2.97. The maximum absolute atomic E-state index is 12.3. The third kappa shape index (κ3) is 6.92. The average molecular weight is 272 g/mol. The number of nitrogens with two attached hydrogens (primary N) is 1. The number of amides is 1. The van der Waals surface area contributed by atoms with Crippen molar-refractivity contribution in [2.45, 2.75) is 53.4 Å². The van der Waals surface area contributed by atoms with Gasteiger partial charge in [-0.1, -0.05) is 40.5 Å². The zero-order chi connectivity index (χ0) is 14.7. The van der Waals surface area contributed by atoms with Crippen molar-refractivity contribution >= 4 is 5.91 Å². The lowest BCUT2D eigenvalue weighted by molar-refractivity contribution is -0.131. The van der Waals surface area contributed by atoms with Crippen LogP contribution in [-0.4, -0.2) is 32.2 Å². The molecule has 1 amide bonds. The number of rotatable bonds is 11. The molecule has 0 aliphatic heterocycles. The Balaban J connectivity index is 4.17. The van der Waals surface area contributed by atoms with E-state index in [1.807, 2.05) is 0 Å². The quantitative estimate of drug-likeness (QED) is 0.567. The summed E-state index contributed by atoms with van der Waals surface area (Å²) in [6.07, 6.45) is 3.68. The topological polar surface area (TPSA) is 64.4 Å². The standard InChI is InChI=1S/C15H32N2O2/c1-5-7-15(12-16,8-6-2)14(18)17-9-10-19-11-13(3)4/h13H,5-12,16H2,1-4H3,(H,17,18). The molecule has 4 heteroatoms. The highest BCUT2D eigenvalue weighted by Gasteiger charge is 2.34. The van der Waals surface area contributed by atoms with Crippen LogP contribution in [0.5, 0.6) is 0 Å². The minimum Gasteiger partial charge on any atom is -0.379 e. The molecule has 0 atom stereocenters. The molecule has 0 saturated heterocycles. The van der Waals surface area contributed by atoms with Crippen molar-refractivity contribution in [1.29, 1.82) is 0 Å². The molecule has 0 bridgehead atoms. The fraction of sp³-hybridized carbons (Fsp3) is 0.933. The van der Waals surface area contributed by atoms with E-state index >= 15 is 0 Å². The van der Waals surface area contributed by atoms with Crippen LogP contribution in [0.2, 0.25) is 0 Å². The van der Waals surface area contributed by atoms with Crippen LogP contribution in [0.15, 0.2) is 0 Å². The maximum Gasteiger partial charge on any atom is 0.227 e. The Morgan fingerprint density at radius 2 is 1.84 bits per heavy atom. The van der Waals surface area contributed by atoms with Gasteiger partial charge >= 0.3 is 0 Å². The van der Waals surface area contributed by atoms with Crippen molar-refractivity contribution in [2.24, 2.45) is 17.1 Å². The number of carbonyl (C=O) groups is 1. The van der Waals surface area contributed by atoms with Gasteiger partial charge in [0, 0.05) is 19.7 Å². The predicted molar refractivity (Wildman–Crippen MR) is 80.0 cm³/mol. The summed E-state index contributed by atoms with van der Waals surface area (Å²) in [6, 6.07) is 0. The van der Waals surface area contributed by atoms with Crippen LogP contribution >= 0.6 is 0 Å². The molecule has 4 nitrogen and oxygen atoms in total. The molecule has 3 N–H and O–H groups in total. The molecular formula is C15H32N2O2. The van der Waals surface area contributed by atoms with E-state index < -0.39 is 0 Å². The van der Waals surface area contributed by atoms with E-state index in [0.29, 0.717) is 25.6 Å². The Morgan fingerprint density at radius 3 is 2.26 bits per heavy atom. The maximum atomic E-state index is 12.3. The average Bonchev–Trinajstić information content (AvgIpc) is 2.37. The van der Waals surface area contributed by atoms with E-state index in [-0.39, 0.29) is 11.3 Å². The van der Waals surface area contributed by atoms with E-state index in [4.69, 9.17) is 10.5 Å². The van der Waals surface area contributed by atoms with E-state index in [1.165, 1.54) is 0 Å². The second-order valence-electron chi connectivity index (χ2n) is 5.71. The number of hydrogen-bond acceptors (Lipinski definition) is 3. The molecule has 0 rings (SSSR count). The molecule has 0 aromatic heterocycles. The van der Waals surface area contributed by atoms with Gasteiger partial charge in [-0.15, -0.1) is 0 Å². The second-order valence-corrected chi connectivity index (χ2v) is 5.71. The van der Waals surface area contributed by atoms with Gasteiger partial charge in [0.15, 0.2) is 0 Å². The van der Waals surface area contributed by atoms with Gasteiger partial charge in [-0.3, -0.25) is 4.79 Å². The minimum absolute atomic E-state index is 0.0897. The van der Waals surface area contributed by atoms with Crippen LogP contribution in [0, 0.1) is 11.3 Å². The Bertz CT molecular complexity index is 236. The van der Waals surface area contributed by atoms with E-state index in [2.05, 4.69) is 33.0 Å². The molecule has 0 aliphatic rings. The first-order valence-electron chi connectivity index (χ1n) is 7.58. The third-order valence-electron chi connectivity index (χ3n) is 3.31. The highest BCUT2D eigenvalue weighted by Crippen LogP contribution is 2.28. The van der Waals surface area contributed by atoms with Crippen LogP contribution in [0.4, 0.5) is 0 Å². The first-order valence-corrected chi connectivity index (χ1v) is 7.58. The second kappa shape index (κ2) is 10.2. The van der Waals surface area contributed by atoms with Gasteiger partial charge < -0.3 is 15.8 Å². The molecule has 0 aliphatic carbocycles. The molecule has 0 heterocycles. The lowest BCUT2D eigenvalue weighted by Crippen LogP contribution is -2.46. The zero-order valence-corrected chi connectivity index (χ0v) is 13.1. The third-order valence-corrected chi connectivity index (χ3v) is 3.31. The summed E-state index contributed by atoms with van der Waals surface area (Å²) in [6.45, 7) is 10.7. The lowest BCUT2D eigenvalue weighted by Gasteiger charge is -2.30. The van der Waals surface area contributed by atoms with E-state index in [9.17, 15) is 4.79 Å². The summed E-state index contributed by atoms with van der Waals surface area (Å²) in [7, 11) is 0. The Hall–Kier alpha value is -0.610. The Morgan fingerprint density at radius 1 is 1.26 bits per heavy atom. The van der Waals surface area contributed by atoms with Gasteiger partial charge in [0.1, 0.15) is 0 Å². The van der Waals surface area contributed by atoms with Gasteiger partial charge in [0.2, 0.25) is 5.91 Å². The molecule has 0 unspecified atom stereocenters. The van der Waals surface area contributed by atoms with Crippen molar-refractivity contribution < 1.29 is 9.53 Å². The SMILES string of the molecule is CCCC(CN)(CCC)C(=O)NCCOCC(C)C. The van der Waals surface area contributed by atoms with Gasteiger partial charge in [0.25, 0.3) is 0 Å². The highest BCUT2D eigenvalue weighted by atomic mass is 16.5. The molecule has 114 valence electrons. The first-order chi connectivity index (χ1) is 9.02. The summed E-state index contributed by atoms with van der Waals surface area (Å²) in [4.78, 5) is 12.3. The molecule has 0 spiro atoms. The molecule has 0 radical (unpaired) electrons. The lowest BCUT2D eigenvalue weighted by atomic mass is 9.78. The molecule has 19 heavy (non-hydrogen) atoms. The number of nitrogens with one attached hydrogen (secondary N) is 1. The summed E-state index contributed by atoms with van der Waals surface area (Å²) < 4.78 is 5.47. The van der Waals surface area contributed by atoms with Crippen LogP contribution in [-0.2, 0) is 9.53 Å². The van der Waals surface area contributed by atoms with Crippen molar-refractivity contribution in [3.63, 3.8) is 0 Å². The van der Waals surface area contributed by atoms with Gasteiger partial charge in [0.05, 0.1) is 12.0 Å². The molecule has 0 saturated carbocycles. The van der Waals surface area contributed by atoms with E-state index in [0.717, 1.165) is 32.3 Å². The van der Waals surface area contributed by atoms with Crippen molar-refractivity contribution in [1.82, 2.24) is 5.32 Å². The van der Waals surface area contributed by atoms with Gasteiger partial charge in [-0.05, 0) is 18.8 Å². The van der Waals surface area contributed by atoms with Crippen molar-refractivity contribution in [3.8, 4) is 0 Å². The number of ether oxygens (including phenoxy) is 1. The highest BCUT2D eigenvalue weighted by molar-refractivity contribution is 5.82. The van der Waals surface area contributed by atoms with Crippen molar-refractivity contribution in [2.75, 3.05) is 26.3 Å². The van der Waals surface area contributed by atoms with Crippen LogP contribution in [0.25, 0.3) is 0 Å². The Kier molecular flexibility index (Phi) is 9.88. The van der Waals surface area contributed by atoms with E-state index in [1.54, 1.807) is 0 Å². The zero-order valence-electron chi connectivity index (χ0n) is 13.1. The molecule has 0 fully saturated rings. The number of hydrogen-bond donors (Lipinski definition) is 2. The number of carbonyl (C=O) groups excluding carboxylic acids is 1. The van der Waals surface area contributed by atoms with Crippen LogP contribution in [0.1, 0.15) is 53.4 Å². The summed E-state index contributed by atoms with van der Waals surface area (Å²) >= 11 is 0.